The van der Waals surface area contributed by atoms with Gasteiger partial charge in [0.2, 0.25) is 0 Å². The largest absolute Gasteiger partial charge is 0.416 e. The van der Waals surface area contributed by atoms with E-state index in [-0.39, 0.29) is 11.4 Å². The van der Waals surface area contributed by atoms with Crippen molar-refractivity contribution < 1.29 is 17.6 Å². The maximum Gasteiger partial charge on any atom is 0.416 e. The number of nitrogens with one attached hydrogen (secondary N) is 1. The Labute approximate surface area is 174 Å². The van der Waals surface area contributed by atoms with Gasteiger partial charge in [0.05, 0.1) is 5.56 Å². The summed E-state index contributed by atoms with van der Waals surface area (Å²) in [5.74, 6) is -0.315. The molecule has 0 aromatic heterocycles. The van der Waals surface area contributed by atoms with Crippen LogP contribution in [0.2, 0.25) is 0 Å². The Bertz CT molecular complexity index is 1030. The van der Waals surface area contributed by atoms with E-state index < -0.39 is 11.7 Å². The SMILES string of the molecule is CCNCc1ccc(C(F)(F)F)c(/C=C/c2cccc(-c3ccc(F)cc3)c2C)c1. The molecule has 3 aromatic rings. The first-order valence-corrected chi connectivity index (χ1v) is 9.74. The molecule has 0 radical (unpaired) electrons. The predicted molar refractivity (Wildman–Crippen MR) is 114 cm³/mol. The van der Waals surface area contributed by atoms with Gasteiger partial charge in [-0.25, -0.2) is 4.39 Å². The average molecular weight is 413 g/mol. The summed E-state index contributed by atoms with van der Waals surface area (Å²) in [5.41, 5.74) is 3.75. The van der Waals surface area contributed by atoms with E-state index in [0.29, 0.717) is 6.54 Å². The van der Waals surface area contributed by atoms with E-state index >= 15 is 0 Å². The van der Waals surface area contributed by atoms with Gasteiger partial charge in [-0.05, 0) is 71.1 Å². The van der Waals surface area contributed by atoms with Crippen LogP contribution in [-0.2, 0) is 12.7 Å². The zero-order chi connectivity index (χ0) is 21.7. The normalized spacial score (nSPS) is 11.9. The molecule has 0 saturated heterocycles. The molecule has 0 aliphatic carbocycles. The molecule has 0 bridgehead atoms. The lowest BCUT2D eigenvalue weighted by atomic mass is 9.95. The lowest BCUT2D eigenvalue weighted by molar-refractivity contribution is -0.137. The van der Waals surface area contributed by atoms with Gasteiger partial charge < -0.3 is 5.32 Å². The van der Waals surface area contributed by atoms with Crippen LogP contribution in [0, 0.1) is 12.7 Å². The lowest BCUT2D eigenvalue weighted by Gasteiger charge is -2.13. The number of hydrogen-bond donors (Lipinski definition) is 1. The molecule has 1 N–H and O–H groups in total. The summed E-state index contributed by atoms with van der Waals surface area (Å²) in [7, 11) is 0. The fourth-order valence-corrected chi connectivity index (χ4v) is 3.34. The zero-order valence-corrected chi connectivity index (χ0v) is 16.9. The summed E-state index contributed by atoms with van der Waals surface area (Å²) < 4.78 is 53.7. The third-order valence-electron chi connectivity index (χ3n) is 4.97. The first-order valence-electron chi connectivity index (χ1n) is 9.74. The fraction of sp³-hybridized carbons (Fsp3) is 0.200. The minimum atomic E-state index is -4.43. The molecule has 0 atom stereocenters. The standard InChI is InChI=1S/C25H23F4N/c1-3-30-16-18-7-14-24(25(27,28)29)21(15-18)9-8-19-5-4-6-23(17(19)2)20-10-12-22(26)13-11-20/h4-15,30H,3,16H2,1-2H3/b9-8+. The van der Waals surface area contributed by atoms with Crippen molar-refractivity contribution in [1.29, 1.82) is 0 Å². The van der Waals surface area contributed by atoms with Crippen molar-refractivity contribution in [3.8, 4) is 11.1 Å². The molecular formula is C25H23F4N. The Morgan fingerprint density at radius 3 is 2.27 bits per heavy atom. The molecule has 5 heteroatoms. The molecule has 1 nitrogen and oxygen atoms in total. The van der Waals surface area contributed by atoms with Gasteiger partial charge in [-0.2, -0.15) is 13.2 Å². The second-order valence-corrected chi connectivity index (χ2v) is 7.06. The summed E-state index contributed by atoms with van der Waals surface area (Å²) in [6, 6.07) is 16.0. The van der Waals surface area contributed by atoms with E-state index in [2.05, 4.69) is 5.32 Å². The van der Waals surface area contributed by atoms with Gasteiger partial charge in [-0.15, -0.1) is 0 Å². The van der Waals surface area contributed by atoms with Crippen molar-refractivity contribution in [3.63, 3.8) is 0 Å². The van der Waals surface area contributed by atoms with E-state index in [9.17, 15) is 17.6 Å². The Morgan fingerprint density at radius 2 is 1.60 bits per heavy atom. The zero-order valence-electron chi connectivity index (χ0n) is 16.9. The van der Waals surface area contributed by atoms with Gasteiger partial charge in [-0.1, -0.05) is 55.5 Å². The van der Waals surface area contributed by atoms with Crippen molar-refractivity contribution in [1.82, 2.24) is 5.32 Å². The van der Waals surface area contributed by atoms with Crippen molar-refractivity contribution >= 4 is 12.2 Å². The Kier molecular flexibility index (Phi) is 6.73. The van der Waals surface area contributed by atoms with Gasteiger partial charge in [0.25, 0.3) is 0 Å². The minimum absolute atomic E-state index is 0.129. The van der Waals surface area contributed by atoms with E-state index in [0.717, 1.165) is 40.4 Å². The van der Waals surface area contributed by atoms with Crippen LogP contribution in [0.15, 0.2) is 60.7 Å². The van der Waals surface area contributed by atoms with Gasteiger partial charge in [0.1, 0.15) is 5.82 Å². The lowest BCUT2D eigenvalue weighted by Crippen LogP contribution is -2.13. The molecule has 0 unspecified atom stereocenters. The molecule has 0 saturated carbocycles. The summed E-state index contributed by atoms with van der Waals surface area (Å²) in [4.78, 5) is 0. The molecule has 30 heavy (non-hydrogen) atoms. The number of halogens is 4. The van der Waals surface area contributed by atoms with Crippen LogP contribution in [0.1, 0.15) is 34.7 Å². The highest BCUT2D eigenvalue weighted by Gasteiger charge is 2.32. The number of hydrogen-bond acceptors (Lipinski definition) is 1. The highest BCUT2D eigenvalue weighted by atomic mass is 19.4. The first-order chi connectivity index (χ1) is 14.3. The quantitative estimate of drug-likeness (QED) is 0.336. The molecule has 0 aliphatic heterocycles. The average Bonchev–Trinajstić information content (AvgIpc) is 2.71. The van der Waals surface area contributed by atoms with Crippen molar-refractivity contribution in [2.45, 2.75) is 26.6 Å². The summed E-state index contributed by atoms with van der Waals surface area (Å²) in [5, 5.41) is 3.13. The number of alkyl halides is 3. The van der Waals surface area contributed by atoms with Crippen LogP contribution in [0.4, 0.5) is 17.6 Å². The molecule has 3 rings (SSSR count). The van der Waals surface area contributed by atoms with Gasteiger partial charge >= 0.3 is 6.18 Å². The molecule has 156 valence electrons. The van der Waals surface area contributed by atoms with Gasteiger partial charge in [0.15, 0.2) is 0 Å². The van der Waals surface area contributed by atoms with Crippen molar-refractivity contribution in [2.75, 3.05) is 6.54 Å². The number of benzene rings is 3. The van der Waals surface area contributed by atoms with Crippen LogP contribution in [0.5, 0.6) is 0 Å². The maximum absolute atomic E-state index is 13.5. The second-order valence-electron chi connectivity index (χ2n) is 7.06. The Hall–Kier alpha value is -2.92. The van der Waals surface area contributed by atoms with Crippen molar-refractivity contribution in [3.05, 3.63) is 94.3 Å². The third kappa shape index (κ3) is 5.16. The topological polar surface area (TPSA) is 12.0 Å². The molecule has 0 fully saturated rings. The van der Waals surface area contributed by atoms with Crippen LogP contribution in [0.25, 0.3) is 23.3 Å². The molecule has 0 heterocycles. The van der Waals surface area contributed by atoms with E-state index in [1.807, 2.05) is 32.0 Å². The van der Waals surface area contributed by atoms with Crippen LogP contribution >= 0.6 is 0 Å². The maximum atomic E-state index is 13.5. The third-order valence-corrected chi connectivity index (χ3v) is 4.97. The number of rotatable bonds is 6. The smallest absolute Gasteiger partial charge is 0.313 e. The molecule has 0 aliphatic rings. The van der Waals surface area contributed by atoms with Crippen molar-refractivity contribution in [2.24, 2.45) is 0 Å². The Morgan fingerprint density at radius 1 is 0.900 bits per heavy atom. The molecular weight excluding hydrogens is 390 g/mol. The molecule has 3 aromatic carbocycles. The van der Waals surface area contributed by atoms with E-state index in [1.165, 1.54) is 24.3 Å². The molecule has 0 amide bonds. The van der Waals surface area contributed by atoms with Crippen LogP contribution < -0.4 is 5.32 Å². The summed E-state index contributed by atoms with van der Waals surface area (Å²) in [6.45, 7) is 5.10. The van der Waals surface area contributed by atoms with Gasteiger partial charge in [-0.3, -0.25) is 0 Å². The van der Waals surface area contributed by atoms with E-state index in [1.54, 1.807) is 24.3 Å². The summed E-state index contributed by atoms with van der Waals surface area (Å²) in [6.07, 6.45) is -1.22. The van der Waals surface area contributed by atoms with Gasteiger partial charge in [0, 0.05) is 6.54 Å². The predicted octanol–water partition coefficient (Wildman–Crippen LogP) is 7.10. The highest BCUT2D eigenvalue weighted by molar-refractivity contribution is 5.78. The monoisotopic (exact) mass is 413 g/mol. The van der Waals surface area contributed by atoms with Crippen LogP contribution in [-0.4, -0.2) is 6.54 Å². The minimum Gasteiger partial charge on any atom is -0.313 e. The summed E-state index contributed by atoms with van der Waals surface area (Å²) >= 11 is 0. The first kappa shape index (κ1) is 21.8. The fourth-order valence-electron chi connectivity index (χ4n) is 3.34. The molecule has 0 spiro atoms. The second kappa shape index (κ2) is 9.26. The Balaban J connectivity index is 1.99. The van der Waals surface area contributed by atoms with Crippen LogP contribution in [0.3, 0.4) is 0 Å². The van der Waals surface area contributed by atoms with E-state index in [4.69, 9.17) is 0 Å². The highest BCUT2D eigenvalue weighted by Crippen LogP contribution is 2.34.